The smallest absolute Gasteiger partial charge is 0.317 e. The first-order valence-corrected chi connectivity index (χ1v) is 11.5. The summed E-state index contributed by atoms with van der Waals surface area (Å²) in [6.45, 7) is 0. The van der Waals surface area contributed by atoms with Gasteiger partial charge in [-0.2, -0.15) is 0 Å². The number of carbonyl (C=O) groups excluding carboxylic acids is 1. The summed E-state index contributed by atoms with van der Waals surface area (Å²) in [7, 11) is -5.24. The lowest BCUT2D eigenvalue weighted by atomic mass is 9.78. The first-order chi connectivity index (χ1) is 11.7. The fraction of sp³-hybridized carbons (Fsp3) is 0.667. The number of ether oxygens (including phenoxy) is 1. The highest BCUT2D eigenvalue weighted by molar-refractivity contribution is 7.91. The molecule has 0 amide bonds. The van der Waals surface area contributed by atoms with Gasteiger partial charge in [0.15, 0.2) is 9.84 Å². The maximum absolute atomic E-state index is 12.4. The summed E-state index contributed by atoms with van der Waals surface area (Å²) >= 11 is 0. The van der Waals surface area contributed by atoms with Gasteiger partial charge in [0.05, 0.1) is 29.6 Å². The number of hydrogen-bond acceptors (Lipinski definition) is 8. The molecular weight excluding hydrogens is 368 g/mol. The van der Waals surface area contributed by atoms with Gasteiger partial charge in [-0.3, -0.25) is 4.79 Å². The molecule has 25 heavy (non-hydrogen) atoms. The van der Waals surface area contributed by atoms with Crippen molar-refractivity contribution in [2.75, 3.05) is 18.6 Å². The van der Waals surface area contributed by atoms with Crippen LogP contribution in [0, 0.1) is 0 Å². The fourth-order valence-electron chi connectivity index (χ4n) is 3.11. The van der Waals surface area contributed by atoms with E-state index in [1.807, 2.05) is 0 Å². The number of aromatic nitrogens is 2. The average molecular weight is 388 g/mol. The fourth-order valence-corrected chi connectivity index (χ4v) is 6.22. The van der Waals surface area contributed by atoms with Gasteiger partial charge in [0.2, 0.25) is 0 Å². The molecule has 1 saturated carbocycles. The van der Waals surface area contributed by atoms with Crippen LogP contribution in [0.2, 0.25) is 0 Å². The Labute approximate surface area is 146 Å². The van der Waals surface area contributed by atoms with Gasteiger partial charge in [0, 0.05) is 6.20 Å². The van der Waals surface area contributed by atoms with Crippen molar-refractivity contribution in [3.63, 3.8) is 0 Å². The van der Waals surface area contributed by atoms with E-state index in [0.29, 0.717) is 18.5 Å². The van der Waals surface area contributed by atoms with E-state index in [-0.39, 0.29) is 41.2 Å². The quantitative estimate of drug-likeness (QED) is 0.655. The lowest BCUT2D eigenvalue weighted by molar-refractivity contribution is -0.148. The van der Waals surface area contributed by atoms with Crippen molar-refractivity contribution in [3.8, 4) is 0 Å². The summed E-state index contributed by atoms with van der Waals surface area (Å²) in [5.41, 5.74) is -0.855. The molecule has 3 rings (SSSR count). The first-order valence-electron chi connectivity index (χ1n) is 8.01. The lowest BCUT2D eigenvalue weighted by Crippen LogP contribution is -2.45. The van der Waals surface area contributed by atoms with Crippen LogP contribution in [0.5, 0.6) is 0 Å². The van der Waals surface area contributed by atoms with Gasteiger partial charge in [-0.1, -0.05) is 0 Å². The Morgan fingerprint density at radius 1 is 1.32 bits per heavy atom. The molecule has 0 spiro atoms. The molecule has 0 bridgehead atoms. The number of hydrogen-bond donors (Lipinski definition) is 0. The minimum Gasteiger partial charge on any atom is -0.468 e. The molecule has 2 fully saturated rings. The highest BCUT2D eigenvalue weighted by atomic mass is 32.2. The van der Waals surface area contributed by atoms with Crippen LogP contribution in [0.25, 0.3) is 0 Å². The van der Waals surface area contributed by atoms with Gasteiger partial charge in [0.1, 0.15) is 26.8 Å². The van der Waals surface area contributed by atoms with Crippen LogP contribution in [-0.2, 0) is 40.4 Å². The lowest BCUT2D eigenvalue weighted by Gasteiger charge is -2.33. The first kappa shape index (κ1) is 18.2. The molecule has 0 atom stereocenters. The van der Waals surface area contributed by atoms with E-state index in [0.717, 1.165) is 0 Å². The van der Waals surface area contributed by atoms with Crippen molar-refractivity contribution in [1.82, 2.24) is 9.97 Å². The third kappa shape index (κ3) is 3.69. The molecular formula is C15H20N2O6S2. The van der Waals surface area contributed by atoms with Crippen LogP contribution < -0.4 is 0 Å². The molecule has 1 aromatic rings. The minimum absolute atomic E-state index is 0.0633. The second kappa shape index (κ2) is 6.31. The largest absolute Gasteiger partial charge is 0.468 e. The summed E-state index contributed by atoms with van der Waals surface area (Å²) in [6.07, 6.45) is 2.85. The molecule has 0 N–H and O–H groups in total. The molecule has 138 valence electrons. The SMILES string of the molecule is COC(=O)C1(c2ccnc(CS(=O)(=O)C3CC3)n2)CCS(=O)(=O)CC1. The standard InChI is InChI=1S/C15H20N2O6S2/c1-23-14(18)15(5-8-24(19,20)9-6-15)12-4-7-16-13(17-12)10-25(21,22)11-2-3-11/h4,7,11H,2-3,5-6,8-10H2,1H3. The van der Waals surface area contributed by atoms with E-state index in [9.17, 15) is 21.6 Å². The van der Waals surface area contributed by atoms with E-state index in [2.05, 4.69) is 9.97 Å². The summed E-state index contributed by atoms with van der Waals surface area (Å²) in [4.78, 5) is 20.7. The zero-order valence-corrected chi connectivity index (χ0v) is 15.5. The van der Waals surface area contributed by atoms with Crippen LogP contribution >= 0.6 is 0 Å². The predicted molar refractivity (Wildman–Crippen MR) is 89.3 cm³/mol. The Morgan fingerprint density at radius 3 is 2.52 bits per heavy atom. The molecule has 8 nitrogen and oxygen atoms in total. The molecule has 0 radical (unpaired) electrons. The second-order valence-electron chi connectivity index (χ2n) is 6.59. The van der Waals surface area contributed by atoms with Crippen molar-refractivity contribution in [2.24, 2.45) is 0 Å². The summed E-state index contributed by atoms with van der Waals surface area (Å²) in [5.74, 6) is -0.983. The minimum atomic E-state index is -3.29. The molecule has 2 heterocycles. The summed E-state index contributed by atoms with van der Waals surface area (Å²) in [6, 6.07) is 1.53. The van der Waals surface area contributed by atoms with E-state index < -0.39 is 31.1 Å². The third-order valence-corrected chi connectivity index (χ3v) is 8.61. The molecule has 10 heteroatoms. The van der Waals surface area contributed by atoms with Crippen molar-refractivity contribution in [2.45, 2.75) is 42.1 Å². The van der Waals surface area contributed by atoms with Crippen molar-refractivity contribution < 1.29 is 26.4 Å². The topological polar surface area (TPSA) is 120 Å². The van der Waals surface area contributed by atoms with Crippen molar-refractivity contribution in [1.29, 1.82) is 0 Å². The normalized spacial score (nSPS) is 22.3. The van der Waals surface area contributed by atoms with Crippen LogP contribution in [0.15, 0.2) is 12.3 Å². The summed E-state index contributed by atoms with van der Waals surface area (Å²) < 4.78 is 52.7. The highest BCUT2D eigenvalue weighted by Gasteiger charge is 2.47. The second-order valence-corrected chi connectivity index (χ2v) is 11.2. The van der Waals surface area contributed by atoms with Gasteiger partial charge in [-0.15, -0.1) is 0 Å². The van der Waals surface area contributed by atoms with Crippen molar-refractivity contribution in [3.05, 3.63) is 23.8 Å². The number of rotatable bonds is 5. The Bertz CT molecular complexity index is 876. The maximum Gasteiger partial charge on any atom is 0.317 e. The average Bonchev–Trinajstić information content (AvgIpc) is 3.40. The molecule has 1 aromatic heterocycles. The molecule has 1 saturated heterocycles. The van der Waals surface area contributed by atoms with Gasteiger partial charge in [-0.05, 0) is 31.7 Å². The van der Waals surface area contributed by atoms with Gasteiger partial charge < -0.3 is 4.74 Å². The third-order valence-electron chi connectivity index (χ3n) is 4.81. The molecule has 1 aliphatic heterocycles. The van der Waals surface area contributed by atoms with Crippen LogP contribution in [0.4, 0.5) is 0 Å². The monoisotopic (exact) mass is 388 g/mol. The van der Waals surface area contributed by atoms with Crippen LogP contribution in [-0.4, -0.2) is 56.6 Å². The van der Waals surface area contributed by atoms with Gasteiger partial charge in [0.25, 0.3) is 0 Å². The van der Waals surface area contributed by atoms with E-state index in [4.69, 9.17) is 4.74 Å². The Morgan fingerprint density at radius 2 is 1.96 bits per heavy atom. The predicted octanol–water partition coefficient (Wildman–Crippen LogP) is 0.173. The van der Waals surface area contributed by atoms with Crippen LogP contribution in [0.3, 0.4) is 0 Å². The zero-order chi connectivity index (χ0) is 18.3. The van der Waals surface area contributed by atoms with Gasteiger partial charge >= 0.3 is 5.97 Å². The maximum atomic E-state index is 12.4. The molecule has 1 aliphatic carbocycles. The van der Waals surface area contributed by atoms with E-state index in [1.165, 1.54) is 19.4 Å². The molecule has 0 unspecified atom stereocenters. The zero-order valence-electron chi connectivity index (χ0n) is 13.8. The Balaban J connectivity index is 1.94. The number of sulfone groups is 2. The Kier molecular flexibility index (Phi) is 4.61. The van der Waals surface area contributed by atoms with Crippen molar-refractivity contribution >= 4 is 25.6 Å². The number of carbonyl (C=O) groups is 1. The molecule has 2 aliphatic rings. The number of nitrogens with zero attached hydrogens (tertiary/aromatic N) is 2. The van der Waals surface area contributed by atoms with Gasteiger partial charge in [-0.25, -0.2) is 26.8 Å². The Hall–Kier alpha value is -1.55. The van der Waals surface area contributed by atoms with Crippen LogP contribution in [0.1, 0.15) is 37.2 Å². The highest BCUT2D eigenvalue weighted by Crippen LogP contribution is 2.37. The van der Waals surface area contributed by atoms with E-state index >= 15 is 0 Å². The molecule has 0 aromatic carbocycles. The number of esters is 1. The number of methoxy groups -OCH3 is 1. The summed E-state index contributed by atoms with van der Waals surface area (Å²) in [5, 5.41) is -0.325. The van der Waals surface area contributed by atoms with E-state index in [1.54, 1.807) is 0 Å².